The predicted molar refractivity (Wildman–Crippen MR) is 128 cm³/mol. The summed E-state index contributed by atoms with van der Waals surface area (Å²) in [6, 6.07) is 5.73. The van der Waals surface area contributed by atoms with E-state index in [1.165, 1.54) is 35.2 Å². The van der Waals surface area contributed by atoms with E-state index in [0.717, 1.165) is 36.1 Å². The lowest BCUT2D eigenvalue weighted by atomic mass is 9.95. The van der Waals surface area contributed by atoms with Gasteiger partial charge in [-0.25, -0.2) is 9.18 Å². The van der Waals surface area contributed by atoms with Gasteiger partial charge in [-0.2, -0.15) is 0 Å². The minimum absolute atomic E-state index is 0.107. The molecule has 11 heteroatoms. The molecular weight excluding hydrogens is 479 g/mol. The van der Waals surface area contributed by atoms with Crippen LogP contribution in [0.5, 0.6) is 5.75 Å². The first-order valence-corrected chi connectivity index (χ1v) is 12.8. The fraction of sp³-hybridized carbons (Fsp3) is 0.391. The van der Waals surface area contributed by atoms with Gasteiger partial charge in [0.25, 0.3) is 0 Å². The van der Waals surface area contributed by atoms with Crippen molar-refractivity contribution in [2.24, 2.45) is 7.05 Å². The van der Waals surface area contributed by atoms with Crippen molar-refractivity contribution in [2.45, 2.75) is 44.4 Å². The van der Waals surface area contributed by atoms with Crippen molar-refractivity contribution in [1.29, 1.82) is 0 Å². The van der Waals surface area contributed by atoms with Crippen molar-refractivity contribution in [1.82, 2.24) is 14.8 Å². The fourth-order valence-electron chi connectivity index (χ4n) is 3.64. The molecule has 3 aromatic rings. The van der Waals surface area contributed by atoms with E-state index in [-0.39, 0.29) is 36.7 Å². The van der Waals surface area contributed by atoms with Gasteiger partial charge in [0, 0.05) is 11.9 Å². The van der Waals surface area contributed by atoms with Crippen molar-refractivity contribution < 1.29 is 23.5 Å². The molecule has 1 aromatic carbocycles. The molecule has 0 spiro atoms. The van der Waals surface area contributed by atoms with Crippen LogP contribution in [0.25, 0.3) is 0 Å². The summed E-state index contributed by atoms with van der Waals surface area (Å²) in [7, 11) is 1.79. The average molecular weight is 505 g/mol. The molecule has 4 rings (SSSR count). The van der Waals surface area contributed by atoms with Crippen LogP contribution >= 0.6 is 23.1 Å². The Morgan fingerprint density at radius 1 is 1.21 bits per heavy atom. The van der Waals surface area contributed by atoms with Gasteiger partial charge in [-0.1, -0.05) is 11.8 Å². The molecule has 0 saturated carbocycles. The second-order valence-electron chi connectivity index (χ2n) is 7.67. The molecule has 0 atom stereocenters. The molecule has 1 amide bonds. The van der Waals surface area contributed by atoms with E-state index in [1.807, 2.05) is 0 Å². The molecule has 1 aliphatic rings. The van der Waals surface area contributed by atoms with Gasteiger partial charge >= 0.3 is 5.97 Å². The highest BCUT2D eigenvalue weighted by molar-refractivity contribution is 7.99. The topological polar surface area (TPSA) is 95.3 Å². The third-order valence-corrected chi connectivity index (χ3v) is 7.57. The van der Waals surface area contributed by atoms with Crippen molar-refractivity contribution in [3.63, 3.8) is 0 Å². The van der Waals surface area contributed by atoms with Gasteiger partial charge in [0.1, 0.15) is 23.2 Å². The number of anilines is 1. The zero-order valence-corrected chi connectivity index (χ0v) is 20.6. The summed E-state index contributed by atoms with van der Waals surface area (Å²) in [6.07, 6.45) is 3.85. The third-order valence-electron chi connectivity index (χ3n) is 5.34. The summed E-state index contributed by atoms with van der Waals surface area (Å²) in [6.45, 7) is 2.21. The number of benzene rings is 1. The predicted octanol–water partition coefficient (Wildman–Crippen LogP) is 4.38. The van der Waals surface area contributed by atoms with Gasteiger partial charge in [0.2, 0.25) is 5.91 Å². The van der Waals surface area contributed by atoms with Crippen LogP contribution < -0.4 is 10.1 Å². The first-order valence-electron chi connectivity index (χ1n) is 11.0. The summed E-state index contributed by atoms with van der Waals surface area (Å²) in [5, 5.41) is 12.3. The van der Waals surface area contributed by atoms with E-state index >= 15 is 0 Å². The van der Waals surface area contributed by atoms with Crippen LogP contribution in [0.15, 0.2) is 29.4 Å². The number of amides is 1. The van der Waals surface area contributed by atoms with Gasteiger partial charge in [-0.3, -0.25) is 4.79 Å². The lowest BCUT2D eigenvalue weighted by Gasteiger charge is -2.12. The maximum atomic E-state index is 13.0. The number of thiophene rings is 1. The first-order chi connectivity index (χ1) is 16.5. The van der Waals surface area contributed by atoms with Gasteiger partial charge in [0.05, 0.1) is 17.9 Å². The quantitative estimate of drug-likeness (QED) is 0.341. The molecule has 0 aliphatic heterocycles. The van der Waals surface area contributed by atoms with Gasteiger partial charge < -0.3 is 19.4 Å². The summed E-state index contributed by atoms with van der Waals surface area (Å²) in [4.78, 5) is 26.4. The summed E-state index contributed by atoms with van der Waals surface area (Å²) < 4.78 is 25.6. The molecule has 0 bridgehead atoms. The molecule has 34 heavy (non-hydrogen) atoms. The zero-order chi connectivity index (χ0) is 24.1. The van der Waals surface area contributed by atoms with Crippen molar-refractivity contribution in [3.05, 3.63) is 51.9 Å². The Morgan fingerprint density at radius 2 is 1.97 bits per heavy atom. The number of aryl methyl sites for hydroxylation is 1. The highest BCUT2D eigenvalue weighted by Crippen LogP contribution is 2.38. The van der Waals surface area contributed by atoms with Crippen LogP contribution in [0.2, 0.25) is 0 Å². The van der Waals surface area contributed by atoms with Crippen LogP contribution in [-0.4, -0.2) is 39.0 Å². The summed E-state index contributed by atoms with van der Waals surface area (Å²) in [5.41, 5.74) is 1.51. The SMILES string of the molecule is CCOC(=O)c1c(NC(=O)CSc2nnc(COc3ccc(F)cc3)n2C)sc2c1CCCC2. The van der Waals surface area contributed by atoms with E-state index in [2.05, 4.69) is 15.5 Å². The minimum Gasteiger partial charge on any atom is -0.486 e. The highest BCUT2D eigenvalue weighted by Gasteiger charge is 2.27. The number of halogens is 1. The monoisotopic (exact) mass is 504 g/mol. The molecular formula is C23H25FN4O4S2. The molecule has 2 aromatic heterocycles. The Morgan fingerprint density at radius 3 is 2.74 bits per heavy atom. The van der Waals surface area contributed by atoms with Gasteiger partial charge in [-0.15, -0.1) is 21.5 Å². The Balaban J connectivity index is 1.37. The third kappa shape index (κ3) is 5.58. The number of ether oxygens (including phenoxy) is 2. The van der Waals surface area contributed by atoms with Crippen molar-refractivity contribution >= 4 is 40.0 Å². The summed E-state index contributed by atoms with van der Waals surface area (Å²) in [5.74, 6) is 0.248. The maximum Gasteiger partial charge on any atom is 0.341 e. The zero-order valence-electron chi connectivity index (χ0n) is 18.9. The molecule has 180 valence electrons. The number of nitrogens with zero attached hydrogens (tertiary/aromatic N) is 3. The first kappa shape index (κ1) is 24.2. The summed E-state index contributed by atoms with van der Waals surface area (Å²) >= 11 is 2.70. The van der Waals surface area contributed by atoms with Crippen molar-refractivity contribution in [2.75, 3.05) is 17.7 Å². The molecule has 1 aliphatic carbocycles. The molecule has 0 unspecified atom stereocenters. The Labute approximate surface area is 204 Å². The number of nitrogens with one attached hydrogen (secondary N) is 1. The number of aromatic nitrogens is 3. The van der Waals surface area contributed by atoms with E-state index in [0.29, 0.717) is 27.3 Å². The van der Waals surface area contributed by atoms with E-state index < -0.39 is 0 Å². The number of hydrogen-bond donors (Lipinski definition) is 1. The highest BCUT2D eigenvalue weighted by atomic mass is 32.2. The molecule has 0 saturated heterocycles. The number of thioether (sulfide) groups is 1. The van der Waals surface area contributed by atoms with Crippen molar-refractivity contribution in [3.8, 4) is 5.75 Å². The lowest BCUT2D eigenvalue weighted by molar-refractivity contribution is -0.113. The Bertz CT molecular complexity index is 1180. The minimum atomic E-state index is -0.385. The van der Waals surface area contributed by atoms with Crippen LogP contribution in [0.4, 0.5) is 9.39 Å². The number of carbonyl (C=O) groups excluding carboxylic acids is 2. The largest absolute Gasteiger partial charge is 0.486 e. The second-order valence-corrected chi connectivity index (χ2v) is 9.72. The van der Waals surface area contributed by atoms with E-state index in [4.69, 9.17) is 9.47 Å². The maximum absolute atomic E-state index is 13.0. The lowest BCUT2D eigenvalue weighted by Crippen LogP contribution is -2.17. The molecule has 0 fully saturated rings. The van der Waals surface area contributed by atoms with Crippen LogP contribution in [-0.2, 0) is 36.0 Å². The van der Waals surface area contributed by atoms with E-state index in [1.54, 1.807) is 30.7 Å². The average Bonchev–Trinajstić information content (AvgIpc) is 3.37. The standard InChI is InChI=1S/C23H25FN4O4S2/c1-3-31-22(30)20-16-6-4-5-7-17(16)34-21(20)25-19(29)13-33-23-27-26-18(28(23)2)12-32-15-10-8-14(24)9-11-15/h8-11H,3-7,12-13H2,1-2H3,(H,25,29). The van der Waals surface area contributed by atoms with Gasteiger partial charge in [0.15, 0.2) is 11.0 Å². The number of hydrogen-bond acceptors (Lipinski definition) is 8. The van der Waals surface area contributed by atoms with Crippen LogP contribution in [0.3, 0.4) is 0 Å². The Hall–Kier alpha value is -2.92. The molecule has 1 N–H and O–H groups in total. The molecule has 8 nitrogen and oxygen atoms in total. The molecule has 2 heterocycles. The Kier molecular flexibility index (Phi) is 7.84. The number of esters is 1. The van der Waals surface area contributed by atoms with Crippen LogP contribution in [0, 0.1) is 5.82 Å². The number of rotatable bonds is 9. The number of fused-ring (bicyclic) bond motifs is 1. The molecule has 0 radical (unpaired) electrons. The smallest absolute Gasteiger partial charge is 0.341 e. The van der Waals surface area contributed by atoms with E-state index in [9.17, 15) is 14.0 Å². The fourth-order valence-corrected chi connectivity index (χ4v) is 5.66. The second kappa shape index (κ2) is 11.0. The van der Waals surface area contributed by atoms with Crippen LogP contribution in [0.1, 0.15) is 46.4 Å². The normalized spacial score (nSPS) is 12.8. The number of carbonyl (C=O) groups is 2. The van der Waals surface area contributed by atoms with Gasteiger partial charge in [-0.05, 0) is 62.4 Å².